The summed E-state index contributed by atoms with van der Waals surface area (Å²) in [6.07, 6.45) is 0. The van der Waals surface area contributed by atoms with E-state index in [1.165, 1.54) is 0 Å². The minimum Gasteiger partial charge on any atom is -0.314 e. The van der Waals surface area contributed by atoms with E-state index < -0.39 is 0 Å². The number of piperazine rings is 1. The molecule has 0 aromatic rings. The number of halogens is 2. The van der Waals surface area contributed by atoms with Crippen molar-refractivity contribution in [2.45, 2.75) is 25.9 Å². The molecule has 1 fully saturated rings. The van der Waals surface area contributed by atoms with Crippen LogP contribution in [0, 0.1) is 0 Å². The Morgan fingerprint density at radius 3 is 1.60 bits per heavy atom. The van der Waals surface area contributed by atoms with Gasteiger partial charge in [0.15, 0.2) is 0 Å². The molecule has 0 unspecified atom stereocenters. The van der Waals surface area contributed by atoms with Gasteiger partial charge in [0, 0.05) is 25.2 Å². The normalized spacial score (nSPS) is 31.8. The second-order valence-electron chi connectivity index (χ2n) is 2.63. The van der Waals surface area contributed by atoms with E-state index in [0.717, 1.165) is 13.1 Å². The van der Waals surface area contributed by atoms with Gasteiger partial charge in [0.05, 0.1) is 0 Å². The fraction of sp³-hybridized carbons (Fsp3) is 1.00. The standard InChI is InChI=1S/C6H14N2.2ClH/c1-5-3-7-4-6(2)8-5;;/h5-8H,3-4H2,1-2H3;2*1H/t5-,6-;;/m1../s1. The van der Waals surface area contributed by atoms with Crippen LogP contribution in [0.5, 0.6) is 0 Å². The molecule has 1 heterocycles. The van der Waals surface area contributed by atoms with Gasteiger partial charge in [-0.3, -0.25) is 0 Å². The lowest BCUT2D eigenvalue weighted by molar-refractivity contribution is 0.370. The van der Waals surface area contributed by atoms with E-state index >= 15 is 0 Å². The number of hydrogen-bond acceptors (Lipinski definition) is 2. The van der Waals surface area contributed by atoms with Crippen LogP contribution >= 0.6 is 24.8 Å². The van der Waals surface area contributed by atoms with Crippen molar-refractivity contribution in [2.24, 2.45) is 0 Å². The van der Waals surface area contributed by atoms with Crippen LogP contribution in [0.15, 0.2) is 0 Å². The molecule has 0 amide bonds. The summed E-state index contributed by atoms with van der Waals surface area (Å²) in [6, 6.07) is 1.30. The van der Waals surface area contributed by atoms with Crippen LogP contribution in [0.1, 0.15) is 13.8 Å². The zero-order chi connectivity index (χ0) is 5.98. The average molecular weight is 187 g/mol. The van der Waals surface area contributed by atoms with Crippen LogP contribution in [-0.4, -0.2) is 25.2 Å². The Bertz CT molecular complexity index is 72.1. The lowest BCUT2D eigenvalue weighted by atomic mass is 10.2. The summed E-state index contributed by atoms with van der Waals surface area (Å²) in [6.45, 7) is 6.62. The molecule has 2 atom stereocenters. The summed E-state index contributed by atoms with van der Waals surface area (Å²) >= 11 is 0. The van der Waals surface area contributed by atoms with Crippen molar-refractivity contribution in [1.29, 1.82) is 0 Å². The summed E-state index contributed by atoms with van der Waals surface area (Å²) in [5.74, 6) is 0. The Balaban J connectivity index is 0. The van der Waals surface area contributed by atoms with Gasteiger partial charge < -0.3 is 10.6 Å². The first-order valence-electron chi connectivity index (χ1n) is 3.26. The summed E-state index contributed by atoms with van der Waals surface area (Å²) in [5, 5.41) is 6.74. The number of nitrogens with one attached hydrogen (secondary N) is 2. The van der Waals surface area contributed by atoms with Crippen molar-refractivity contribution < 1.29 is 0 Å². The van der Waals surface area contributed by atoms with Gasteiger partial charge in [0.2, 0.25) is 0 Å². The molecule has 0 spiro atoms. The van der Waals surface area contributed by atoms with E-state index in [2.05, 4.69) is 24.5 Å². The second-order valence-corrected chi connectivity index (χ2v) is 2.63. The molecule has 1 rings (SSSR count). The third-order valence-corrected chi connectivity index (χ3v) is 1.47. The Hall–Kier alpha value is 0.500. The smallest absolute Gasteiger partial charge is 0.0167 e. The molecule has 0 aromatic carbocycles. The van der Waals surface area contributed by atoms with Crippen molar-refractivity contribution in [3.05, 3.63) is 0 Å². The van der Waals surface area contributed by atoms with Crippen molar-refractivity contribution >= 4 is 24.8 Å². The SMILES string of the molecule is C[C@@H]1CNC[C@@H](C)N1.Cl.Cl. The molecule has 0 radical (unpaired) electrons. The molecule has 10 heavy (non-hydrogen) atoms. The Morgan fingerprint density at radius 2 is 1.40 bits per heavy atom. The highest BCUT2D eigenvalue weighted by Crippen LogP contribution is 1.90. The molecule has 2 nitrogen and oxygen atoms in total. The van der Waals surface area contributed by atoms with Crippen LogP contribution in [0.25, 0.3) is 0 Å². The van der Waals surface area contributed by atoms with Crippen molar-refractivity contribution in [3.63, 3.8) is 0 Å². The number of rotatable bonds is 0. The fourth-order valence-corrected chi connectivity index (χ4v) is 1.12. The molecular weight excluding hydrogens is 171 g/mol. The molecule has 64 valence electrons. The Labute approximate surface area is 75.0 Å². The molecule has 0 aliphatic carbocycles. The minimum absolute atomic E-state index is 0. The highest BCUT2D eigenvalue weighted by atomic mass is 35.5. The summed E-state index contributed by atoms with van der Waals surface area (Å²) in [5.41, 5.74) is 0. The van der Waals surface area contributed by atoms with E-state index in [1.54, 1.807) is 0 Å². The Kier molecular flexibility index (Phi) is 8.17. The molecule has 0 aromatic heterocycles. The molecular formula is C6H16Cl2N2. The van der Waals surface area contributed by atoms with E-state index in [0.29, 0.717) is 12.1 Å². The van der Waals surface area contributed by atoms with Gasteiger partial charge in [-0.15, -0.1) is 24.8 Å². The largest absolute Gasteiger partial charge is 0.314 e. The van der Waals surface area contributed by atoms with Crippen LogP contribution in [0.3, 0.4) is 0 Å². The molecule has 0 bridgehead atoms. The Morgan fingerprint density at radius 1 is 1.00 bits per heavy atom. The molecule has 2 N–H and O–H groups in total. The first kappa shape index (κ1) is 13.1. The zero-order valence-electron chi connectivity index (χ0n) is 6.39. The van der Waals surface area contributed by atoms with Crippen LogP contribution in [-0.2, 0) is 0 Å². The lowest BCUT2D eigenvalue weighted by Crippen LogP contribution is -2.52. The van der Waals surface area contributed by atoms with Gasteiger partial charge in [0.1, 0.15) is 0 Å². The predicted molar refractivity (Wildman–Crippen MR) is 49.4 cm³/mol. The monoisotopic (exact) mass is 186 g/mol. The fourth-order valence-electron chi connectivity index (χ4n) is 1.12. The van der Waals surface area contributed by atoms with Crippen molar-refractivity contribution in [3.8, 4) is 0 Å². The van der Waals surface area contributed by atoms with E-state index in [4.69, 9.17) is 0 Å². The molecule has 1 aliphatic rings. The van der Waals surface area contributed by atoms with Crippen LogP contribution < -0.4 is 10.6 Å². The van der Waals surface area contributed by atoms with E-state index in [1.807, 2.05) is 0 Å². The molecule has 1 aliphatic heterocycles. The van der Waals surface area contributed by atoms with Crippen molar-refractivity contribution in [2.75, 3.05) is 13.1 Å². The number of hydrogen-bond donors (Lipinski definition) is 2. The summed E-state index contributed by atoms with van der Waals surface area (Å²) < 4.78 is 0. The van der Waals surface area contributed by atoms with Gasteiger partial charge in [-0.1, -0.05) is 0 Å². The average Bonchev–Trinajstić information content (AvgIpc) is 1.64. The van der Waals surface area contributed by atoms with Crippen LogP contribution in [0.2, 0.25) is 0 Å². The van der Waals surface area contributed by atoms with Gasteiger partial charge in [0.25, 0.3) is 0 Å². The zero-order valence-corrected chi connectivity index (χ0v) is 8.02. The first-order chi connectivity index (χ1) is 3.79. The third kappa shape index (κ3) is 4.34. The van der Waals surface area contributed by atoms with Crippen LogP contribution in [0.4, 0.5) is 0 Å². The van der Waals surface area contributed by atoms with E-state index in [9.17, 15) is 0 Å². The van der Waals surface area contributed by atoms with Gasteiger partial charge in [-0.2, -0.15) is 0 Å². The summed E-state index contributed by atoms with van der Waals surface area (Å²) in [4.78, 5) is 0. The van der Waals surface area contributed by atoms with Gasteiger partial charge in [-0.25, -0.2) is 0 Å². The van der Waals surface area contributed by atoms with Gasteiger partial charge >= 0.3 is 0 Å². The highest BCUT2D eigenvalue weighted by molar-refractivity contribution is 5.85. The molecule has 4 heteroatoms. The second kappa shape index (κ2) is 6.23. The maximum Gasteiger partial charge on any atom is 0.0167 e. The van der Waals surface area contributed by atoms with Gasteiger partial charge in [-0.05, 0) is 13.8 Å². The van der Waals surface area contributed by atoms with Crippen molar-refractivity contribution in [1.82, 2.24) is 10.6 Å². The molecule has 1 saturated heterocycles. The minimum atomic E-state index is 0. The first-order valence-corrected chi connectivity index (χ1v) is 3.26. The quantitative estimate of drug-likeness (QED) is 0.586. The molecule has 0 saturated carbocycles. The third-order valence-electron chi connectivity index (χ3n) is 1.47. The summed E-state index contributed by atoms with van der Waals surface area (Å²) in [7, 11) is 0. The van der Waals surface area contributed by atoms with E-state index in [-0.39, 0.29) is 24.8 Å². The lowest BCUT2D eigenvalue weighted by Gasteiger charge is -2.26. The topological polar surface area (TPSA) is 24.1 Å². The maximum absolute atomic E-state index is 3.42. The highest BCUT2D eigenvalue weighted by Gasteiger charge is 2.11. The predicted octanol–water partition coefficient (Wildman–Crippen LogP) is 0.800. The maximum atomic E-state index is 3.42.